The number of nitrogens with one attached hydrogen (secondary N) is 1. The van der Waals surface area contributed by atoms with Crippen LogP contribution in [-0.2, 0) is 15.3 Å². The maximum Gasteiger partial charge on any atom is 0.337 e. The van der Waals surface area contributed by atoms with E-state index in [0.29, 0.717) is 17.0 Å². The molecule has 27 heavy (non-hydrogen) atoms. The molecule has 138 valence electrons. The van der Waals surface area contributed by atoms with Gasteiger partial charge in [-0.1, -0.05) is 48.5 Å². The van der Waals surface area contributed by atoms with Crippen LogP contribution < -0.4 is 5.32 Å². The van der Waals surface area contributed by atoms with Gasteiger partial charge in [-0.25, -0.2) is 4.79 Å². The summed E-state index contributed by atoms with van der Waals surface area (Å²) in [5.41, 5.74) is 3.17. The molecular formula is C22H21NO3S. The predicted molar refractivity (Wildman–Crippen MR) is 111 cm³/mol. The molecule has 0 heterocycles. The van der Waals surface area contributed by atoms with Crippen molar-refractivity contribution in [1.29, 1.82) is 0 Å². The topological polar surface area (TPSA) is 55.4 Å². The lowest BCUT2D eigenvalue weighted by molar-refractivity contribution is -0.113. The minimum atomic E-state index is -0.421. The number of hydrogen-bond donors (Lipinski definition) is 1. The molecule has 5 heteroatoms. The van der Waals surface area contributed by atoms with Gasteiger partial charge in [0.2, 0.25) is 5.91 Å². The highest BCUT2D eigenvalue weighted by molar-refractivity contribution is 7.99. The van der Waals surface area contributed by atoms with Gasteiger partial charge in [0.15, 0.2) is 0 Å². The van der Waals surface area contributed by atoms with Crippen LogP contribution in [0.3, 0.4) is 0 Å². The highest BCUT2D eigenvalue weighted by Crippen LogP contribution is 2.23. The summed E-state index contributed by atoms with van der Waals surface area (Å²) in [6.45, 7) is 1.89. The molecule has 0 radical (unpaired) electrons. The largest absolute Gasteiger partial charge is 0.465 e. The first-order valence-corrected chi connectivity index (χ1v) is 9.77. The molecule has 0 aliphatic carbocycles. The average Bonchev–Trinajstić information content (AvgIpc) is 2.69. The van der Waals surface area contributed by atoms with Crippen LogP contribution in [0.15, 0.2) is 60.7 Å². The number of hydrogen-bond acceptors (Lipinski definition) is 4. The number of carbonyl (C=O) groups is 2. The first-order chi connectivity index (χ1) is 13.1. The van der Waals surface area contributed by atoms with E-state index in [-0.39, 0.29) is 5.91 Å². The SMILES string of the molecule is COC(=O)c1ccc(C)c(NC(=O)CSCc2cccc3ccccc23)c1. The molecule has 1 N–H and O–H groups in total. The number of amides is 1. The number of thioether (sulfide) groups is 1. The van der Waals surface area contributed by atoms with Crippen LogP contribution in [0.5, 0.6) is 0 Å². The van der Waals surface area contributed by atoms with Gasteiger partial charge in [-0.2, -0.15) is 0 Å². The third-order valence-corrected chi connectivity index (χ3v) is 5.28. The first-order valence-electron chi connectivity index (χ1n) is 8.61. The number of esters is 1. The van der Waals surface area contributed by atoms with E-state index < -0.39 is 5.97 Å². The number of fused-ring (bicyclic) bond motifs is 1. The monoisotopic (exact) mass is 379 g/mol. The van der Waals surface area contributed by atoms with Crippen molar-refractivity contribution in [2.75, 3.05) is 18.2 Å². The molecule has 0 saturated heterocycles. The molecule has 0 aliphatic heterocycles. The second-order valence-electron chi connectivity index (χ2n) is 6.20. The van der Waals surface area contributed by atoms with E-state index in [2.05, 4.69) is 29.6 Å². The van der Waals surface area contributed by atoms with Crippen molar-refractivity contribution in [2.45, 2.75) is 12.7 Å². The lowest BCUT2D eigenvalue weighted by Crippen LogP contribution is -2.15. The Hall–Kier alpha value is -2.79. The summed E-state index contributed by atoms with van der Waals surface area (Å²) < 4.78 is 4.73. The molecule has 0 saturated carbocycles. The van der Waals surface area contributed by atoms with E-state index in [1.165, 1.54) is 23.4 Å². The highest BCUT2D eigenvalue weighted by Gasteiger charge is 2.11. The summed E-state index contributed by atoms with van der Waals surface area (Å²) in [5.74, 6) is 0.585. The molecule has 0 bridgehead atoms. The van der Waals surface area contributed by atoms with Crippen molar-refractivity contribution in [3.05, 3.63) is 77.4 Å². The second kappa shape index (κ2) is 8.73. The summed E-state index contributed by atoms with van der Waals surface area (Å²) in [7, 11) is 1.34. The number of methoxy groups -OCH3 is 1. The van der Waals surface area contributed by atoms with Crippen LogP contribution in [0.25, 0.3) is 10.8 Å². The Balaban J connectivity index is 1.61. The maximum absolute atomic E-state index is 12.3. The summed E-state index contributed by atoms with van der Waals surface area (Å²) in [6.07, 6.45) is 0. The van der Waals surface area contributed by atoms with Gasteiger partial charge in [0.25, 0.3) is 0 Å². The van der Waals surface area contributed by atoms with E-state index in [4.69, 9.17) is 4.74 Å². The molecule has 1 amide bonds. The molecule has 0 atom stereocenters. The van der Waals surface area contributed by atoms with Crippen LogP contribution in [0, 0.1) is 6.92 Å². The van der Waals surface area contributed by atoms with Gasteiger partial charge >= 0.3 is 5.97 Å². The van der Waals surface area contributed by atoms with Gasteiger partial charge in [0.1, 0.15) is 0 Å². The summed E-state index contributed by atoms with van der Waals surface area (Å²) in [6, 6.07) is 19.6. The predicted octanol–water partition coefficient (Wildman–Crippen LogP) is 4.81. The molecule has 0 spiro atoms. The lowest BCUT2D eigenvalue weighted by Gasteiger charge is -2.10. The van der Waals surface area contributed by atoms with E-state index in [1.807, 2.05) is 25.1 Å². The zero-order valence-electron chi connectivity index (χ0n) is 15.3. The standard InChI is InChI=1S/C22H21NO3S/c1-15-10-11-17(22(25)26-2)12-20(15)23-21(24)14-27-13-18-8-5-7-16-6-3-4-9-19(16)18/h3-12H,13-14H2,1-2H3,(H,23,24). The number of aryl methyl sites for hydroxylation is 1. The summed E-state index contributed by atoms with van der Waals surface area (Å²) >= 11 is 1.57. The second-order valence-corrected chi connectivity index (χ2v) is 7.19. The number of anilines is 1. The van der Waals surface area contributed by atoms with Gasteiger partial charge in [-0.15, -0.1) is 11.8 Å². The molecule has 3 aromatic rings. The summed E-state index contributed by atoms with van der Waals surface area (Å²) in [5, 5.41) is 5.31. The average molecular weight is 379 g/mol. The van der Waals surface area contributed by atoms with Crippen LogP contribution in [0.4, 0.5) is 5.69 Å². The zero-order valence-corrected chi connectivity index (χ0v) is 16.1. The Kier molecular flexibility index (Phi) is 6.14. The van der Waals surface area contributed by atoms with E-state index >= 15 is 0 Å². The van der Waals surface area contributed by atoms with Crippen molar-refractivity contribution in [1.82, 2.24) is 0 Å². The Labute approximate surface area is 162 Å². The van der Waals surface area contributed by atoms with Crippen LogP contribution in [-0.4, -0.2) is 24.7 Å². The molecule has 4 nitrogen and oxygen atoms in total. The normalized spacial score (nSPS) is 10.6. The van der Waals surface area contributed by atoms with Crippen molar-refractivity contribution in [3.8, 4) is 0 Å². The third-order valence-electron chi connectivity index (χ3n) is 4.30. The van der Waals surface area contributed by atoms with Gasteiger partial charge in [-0.3, -0.25) is 4.79 Å². The van der Waals surface area contributed by atoms with Crippen LogP contribution in [0.2, 0.25) is 0 Å². The van der Waals surface area contributed by atoms with Gasteiger partial charge < -0.3 is 10.1 Å². The fourth-order valence-corrected chi connectivity index (χ4v) is 3.69. The fourth-order valence-electron chi connectivity index (χ4n) is 2.86. The Bertz CT molecular complexity index is 979. The third kappa shape index (κ3) is 4.68. The smallest absolute Gasteiger partial charge is 0.337 e. The van der Waals surface area contributed by atoms with Crippen LogP contribution >= 0.6 is 11.8 Å². The maximum atomic E-state index is 12.3. The van der Waals surface area contributed by atoms with Gasteiger partial charge in [0, 0.05) is 11.4 Å². The van der Waals surface area contributed by atoms with Gasteiger partial charge in [0.05, 0.1) is 18.4 Å². The lowest BCUT2D eigenvalue weighted by atomic mass is 10.1. The van der Waals surface area contributed by atoms with E-state index in [9.17, 15) is 9.59 Å². The number of rotatable bonds is 6. The molecule has 3 aromatic carbocycles. The molecule has 0 aliphatic rings. The highest BCUT2D eigenvalue weighted by atomic mass is 32.2. The Morgan fingerprint density at radius 1 is 1.04 bits per heavy atom. The molecule has 0 aromatic heterocycles. The van der Waals surface area contributed by atoms with Crippen molar-refractivity contribution in [3.63, 3.8) is 0 Å². The van der Waals surface area contributed by atoms with Crippen molar-refractivity contribution >= 4 is 40.1 Å². The number of ether oxygens (including phenoxy) is 1. The Morgan fingerprint density at radius 2 is 1.81 bits per heavy atom. The fraction of sp³-hybridized carbons (Fsp3) is 0.182. The van der Waals surface area contributed by atoms with Crippen LogP contribution in [0.1, 0.15) is 21.5 Å². The minimum Gasteiger partial charge on any atom is -0.465 e. The zero-order chi connectivity index (χ0) is 19.2. The molecule has 3 rings (SSSR count). The van der Waals surface area contributed by atoms with Crippen molar-refractivity contribution in [2.24, 2.45) is 0 Å². The first kappa shape index (κ1) is 19.0. The van der Waals surface area contributed by atoms with E-state index in [1.54, 1.807) is 30.0 Å². The Morgan fingerprint density at radius 3 is 2.63 bits per heavy atom. The number of benzene rings is 3. The quantitative estimate of drug-likeness (QED) is 0.625. The van der Waals surface area contributed by atoms with Crippen molar-refractivity contribution < 1.29 is 14.3 Å². The van der Waals surface area contributed by atoms with Gasteiger partial charge in [-0.05, 0) is 41.0 Å². The minimum absolute atomic E-state index is 0.0923. The molecular weight excluding hydrogens is 358 g/mol. The summed E-state index contributed by atoms with van der Waals surface area (Å²) in [4.78, 5) is 24.0. The van der Waals surface area contributed by atoms with E-state index in [0.717, 1.165) is 11.3 Å². The number of carbonyl (C=O) groups excluding carboxylic acids is 2. The molecule has 0 unspecified atom stereocenters. The molecule has 0 fully saturated rings.